The highest BCUT2D eigenvalue weighted by Crippen LogP contribution is 2.19. The molecule has 1 saturated heterocycles. The topological polar surface area (TPSA) is 75.2 Å². The van der Waals surface area contributed by atoms with Crippen LogP contribution >= 0.6 is 11.5 Å². The van der Waals surface area contributed by atoms with Crippen LogP contribution in [0.1, 0.15) is 19.8 Å². The molecule has 1 aromatic heterocycles. The number of carbonyl (C=O) groups is 2. The molecule has 17 heavy (non-hydrogen) atoms. The predicted octanol–water partition coefficient (Wildman–Crippen LogP) is 0.735. The van der Waals surface area contributed by atoms with Gasteiger partial charge in [-0.25, -0.2) is 0 Å². The number of rotatable bonds is 2. The number of nitrogens with zero attached hydrogens (tertiary/aromatic N) is 3. The van der Waals surface area contributed by atoms with Crippen molar-refractivity contribution in [1.82, 2.24) is 14.5 Å². The minimum atomic E-state index is -0.130. The summed E-state index contributed by atoms with van der Waals surface area (Å²) < 4.78 is 3.68. The summed E-state index contributed by atoms with van der Waals surface area (Å²) in [6.45, 7) is 2.79. The molecule has 92 valence electrons. The second kappa shape index (κ2) is 5.22. The van der Waals surface area contributed by atoms with Gasteiger partial charge in [0.1, 0.15) is 5.00 Å². The van der Waals surface area contributed by atoms with E-state index in [1.807, 2.05) is 0 Å². The van der Waals surface area contributed by atoms with E-state index in [0.29, 0.717) is 11.5 Å². The van der Waals surface area contributed by atoms with Gasteiger partial charge in [-0.1, -0.05) is 4.49 Å². The first-order valence-corrected chi connectivity index (χ1v) is 6.28. The highest BCUT2D eigenvalue weighted by Gasteiger charge is 2.27. The van der Waals surface area contributed by atoms with Crippen molar-refractivity contribution in [3.05, 3.63) is 6.20 Å². The van der Waals surface area contributed by atoms with E-state index in [1.54, 1.807) is 4.90 Å². The molecule has 1 atom stereocenters. The predicted molar refractivity (Wildman–Crippen MR) is 63.5 cm³/mol. The van der Waals surface area contributed by atoms with E-state index in [0.717, 1.165) is 30.9 Å². The van der Waals surface area contributed by atoms with E-state index in [2.05, 4.69) is 14.9 Å². The quantitative estimate of drug-likeness (QED) is 0.844. The highest BCUT2D eigenvalue weighted by molar-refractivity contribution is 7.10. The molecule has 1 aromatic rings. The van der Waals surface area contributed by atoms with Crippen molar-refractivity contribution in [1.29, 1.82) is 0 Å². The molecule has 2 amide bonds. The second-order valence-corrected chi connectivity index (χ2v) is 4.86. The lowest BCUT2D eigenvalue weighted by molar-refractivity contribution is -0.132. The van der Waals surface area contributed by atoms with E-state index >= 15 is 0 Å². The lowest BCUT2D eigenvalue weighted by Crippen LogP contribution is -2.42. The van der Waals surface area contributed by atoms with Crippen molar-refractivity contribution >= 4 is 28.3 Å². The Morgan fingerprint density at radius 3 is 3.06 bits per heavy atom. The monoisotopic (exact) mass is 254 g/mol. The molecular weight excluding hydrogens is 240 g/mol. The summed E-state index contributed by atoms with van der Waals surface area (Å²) in [4.78, 5) is 24.9. The van der Waals surface area contributed by atoms with E-state index in [-0.39, 0.29) is 17.7 Å². The molecule has 7 heteroatoms. The van der Waals surface area contributed by atoms with E-state index in [9.17, 15) is 9.59 Å². The molecule has 0 spiro atoms. The molecule has 1 aliphatic heterocycles. The van der Waals surface area contributed by atoms with Gasteiger partial charge in [-0.05, 0) is 12.8 Å². The van der Waals surface area contributed by atoms with Gasteiger partial charge in [0.15, 0.2) is 0 Å². The van der Waals surface area contributed by atoms with Crippen LogP contribution in [0.3, 0.4) is 0 Å². The lowest BCUT2D eigenvalue weighted by Gasteiger charge is -2.31. The summed E-state index contributed by atoms with van der Waals surface area (Å²) in [5, 5.41) is 7.07. The fourth-order valence-electron chi connectivity index (χ4n) is 1.92. The highest BCUT2D eigenvalue weighted by atomic mass is 32.1. The molecular formula is C10H14N4O2S. The van der Waals surface area contributed by atoms with Crippen LogP contribution in [-0.2, 0) is 9.59 Å². The number of likely N-dealkylation sites (tertiary alicyclic amines) is 1. The van der Waals surface area contributed by atoms with E-state index < -0.39 is 0 Å². The van der Waals surface area contributed by atoms with Crippen molar-refractivity contribution in [2.45, 2.75) is 19.8 Å². The van der Waals surface area contributed by atoms with Gasteiger partial charge in [-0.15, -0.1) is 5.10 Å². The first-order valence-electron chi connectivity index (χ1n) is 5.50. The third-order valence-electron chi connectivity index (χ3n) is 2.85. The Morgan fingerprint density at radius 2 is 2.41 bits per heavy atom. The number of anilines is 1. The van der Waals surface area contributed by atoms with Crippen molar-refractivity contribution < 1.29 is 9.59 Å². The van der Waals surface area contributed by atoms with E-state index in [4.69, 9.17) is 0 Å². The average molecular weight is 254 g/mol. The van der Waals surface area contributed by atoms with Crippen molar-refractivity contribution in [2.24, 2.45) is 5.92 Å². The zero-order valence-corrected chi connectivity index (χ0v) is 10.4. The normalized spacial score (nSPS) is 20.1. The molecule has 1 N–H and O–H groups in total. The molecule has 0 saturated carbocycles. The third-order valence-corrected chi connectivity index (χ3v) is 3.43. The van der Waals surface area contributed by atoms with Crippen LogP contribution in [-0.4, -0.2) is 39.4 Å². The molecule has 1 fully saturated rings. The van der Waals surface area contributed by atoms with Gasteiger partial charge in [-0.3, -0.25) is 9.59 Å². The molecule has 0 aliphatic carbocycles. The first-order chi connectivity index (χ1) is 8.16. The smallest absolute Gasteiger partial charge is 0.229 e. The molecule has 0 radical (unpaired) electrons. The fourth-order valence-corrected chi connectivity index (χ4v) is 2.35. The molecule has 0 bridgehead atoms. The maximum atomic E-state index is 11.9. The minimum Gasteiger partial charge on any atom is -0.342 e. The standard InChI is InChI=1S/C10H14N4O2S/c1-7(15)14-4-2-3-8(6-14)10(16)12-9-5-11-13-17-9/h5,8H,2-4,6H2,1H3,(H,12,16). The van der Waals surface area contributed by atoms with Crippen LogP contribution in [0.15, 0.2) is 6.20 Å². The van der Waals surface area contributed by atoms with Crippen LogP contribution in [0.4, 0.5) is 5.00 Å². The maximum Gasteiger partial charge on any atom is 0.229 e. The third kappa shape index (κ3) is 3.00. The van der Waals surface area contributed by atoms with Gasteiger partial charge in [0.2, 0.25) is 11.8 Å². The number of piperidine rings is 1. The van der Waals surface area contributed by atoms with Gasteiger partial charge in [0.25, 0.3) is 0 Å². The van der Waals surface area contributed by atoms with Crippen molar-refractivity contribution in [2.75, 3.05) is 18.4 Å². The Balaban J connectivity index is 1.93. The Morgan fingerprint density at radius 1 is 1.59 bits per heavy atom. The number of carbonyl (C=O) groups excluding carboxylic acids is 2. The molecule has 0 aromatic carbocycles. The average Bonchev–Trinajstić information content (AvgIpc) is 2.82. The second-order valence-electron chi connectivity index (χ2n) is 4.08. The Hall–Kier alpha value is -1.50. The summed E-state index contributed by atoms with van der Waals surface area (Å²) in [5.41, 5.74) is 0. The molecule has 1 unspecified atom stereocenters. The van der Waals surface area contributed by atoms with Crippen LogP contribution in [0, 0.1) is 5.92 Å². The van der Waals surface area contributed by atoms with Crippen LogP contribution in [0.2, 0.25) is 0 Å². The van der Waals surface area contributed by atoms with Gasteiger partial charge in [0.05, 0.1) is 12.1 Å². The zero-order valence-electron chi connectivity index (χ0n) is 9.55. The molecule has 2 rings (SSSR count). The fraction of sp³-hybridized carbons (Fsp3) is 0.600. The van der Waals surface area contributed by atoms with Crippen LogP contribution < -0.4 is 5.32 Å². The van der Waals surface area contributed by atoms with E-state index in [1.165, 1.54) is 13.1 Å². The molecule has 1 aliphatic rings. The van der Waals surface area contributed by atoms with Crippen LogP contribution in [0.5, 0.6) is 0 Å². The summed E-state index contributed by atoms with van der Waals surface area (Å²) >= 11 is 1.15. The zero-order chi connectivity index (χ0) is 12.3. The SMILES string of the molecule is CC(=O)N1CCCC(C(=O)Nc2cnns2)C1. The van der Waals surface area contributed by atoms with Crippen LogP contribution in [0.25, 0.3) is 0 Å². The summed E-state index contributed by atoms with van der Waals surface area (Å²) in [6.07, 6.45) is 3.22. The number of hydrogen-bond donors (Lipinski definition) is 1. The summed E-state index contributed by atoms with van der Waals surface area (Å²) in [6, 6.07) is 0. The summed E-state index contributed by atoms with van der Waals surface area (Å²) in [7, 11) is 0. The molecule has 2 heterocycles. The van der Waals surface area contributed by atoms with Crippen molar-refractivity contribution in [3.63, 3.8) is 0 Å². The van der Waals surface area contributed by atoms with Gasteiger partial charge in [-0.2, -0.15) is 0 Å². The number of aromatic nitrogens is 2. The van der Waals surface area contributed by atoms with Crippen molar-refractivity contribution in [3.8, 4) is 0 Å². The van der Waals surface area contributed by atoms with Gasteiger partial charge in [0, 0.05) is 31.5 Å². The maximum absolute atomic E-state index is 11.9. The van der Waals surface area contributed by atoms with Gasteiger partial charge >= 0.3 is 0 Å². The number of amides is 2. The summed E-state index contributed by atoms with van der Waals surface area (Å²) in [5.74, 6) is -0.154. The Labute approximate surface area is 103 Å². The van der Waals surface area contributed by atoms with Gasteiger partial charge < -0.3 is 10.2 Å². The Bertz CT molecular complexity index is 406. The Kier molecular flexibility index (Phi) is 3.68. The minimum absolute atomic E-state index is 0.0296. The number of hydrogen-bond acceptors (Lipinski definition) is 5. The lowest BCUT2D eigenvalue weighted by atomic mass is 9.97. The largest absolute Gasteiger partial charge is 0.342 e. The molecule has 6 nitrogen and oxygen atoms in total. The number of nitrogens with one attached hydrogen (secondary N) is 1. The first kappa shape index (κ1) is 12.0.